The van der Waals surface area contributed by atoms with E-state index in [4.69, 9.17) is 0 Å². The molecule has 0 radical (unpaired) electrons. The number of imidazole rings is 1. The van der Waals surface area contributed by atoms with Gasteiger partial charge in [-0.15, -0.1) is 0 Å². The number of nitrogens with zero attached hydrogens (tertiary/aromatic N) is 4. The number of benzene rings is 1. The first-order valence-corrected chi connectivity index (χ1v) is 9.26. The molecule has 26 heavy (non-hydrogen) atoms. The van der Waals surface area contributed by atoms with Crippen molar-refractivity contribution in [2.75, 3.05) is 32.7 Å². The second-order valence-electron chi connectivity index (χ2n) is 6.96. The van der Waals surface area contributed by atoms with Crippen LogP contribution in [0.1, 0.15) is 22.7 Å². The van der Waals surface area contributed by atoms with Gasteiger partial charge in [0.15, 0.2) is 0 Å². The van der Waals surface area contributed by atoms with Gasteiger partial charge in [0.2, 0.25) is 0 Å². The van der Waals surface area contributed by atoms with Crippen molar-refractivity contribution in [3.8, 4) is 0 Å². The van der Waals surface area contributed by atoms with Gasteiger partial charge in [0.05, 0.1) is 0 Å². The van der Waals surface area contributed by atoms with Gasteiger partial charge in [0.25, 0.3) is 5.91 Å². The average Bonchev–Trinajstić information content (AvgIpc) is 3.19. The fourth-order valence-corrected chi connectivity index (χ4v) is 3.65. The van der Waals surface area contributed by atoms with Crippen molar-refractivity contribution in [2.45, 2.75) is 12.8 Å². The zero-order valence-corrected chi connectivity index (χ0v) is 15.2. The summed E-state index contributed by atoms with van der Waals surface area (Å²) in [7, 11) is 2.03. The fraction of sp³-hybridized carbons (Fsp3) is 0.400. The van der Waals surface area contributed by atoms with Gasteiger partial charge in [-0.2, -0.15) is 0 Å². The first kappa shape index (κ1) is 16.8. The summed E-state index contributed by atoms with van der Waals surface area (Å²) in [6, 6.07) is 9.98. The van der Waals surface area contributed by atoms with Crippen LogP contribution in [0.3, 0.4) is 0 Å². The Morgan fingerprint density at radius 1 is 1.19 bits per heavy atom. The Morgan fingerprint density at radius 2 is 2.08 bits per heavy atom. The number of aromatic amines is 1. The third-order valence-electron chi connectivity index (χ3n) is 5.21. The molecule has 0 spiro atoms. The molecule has 6 heteroatoms. The van der Waals surface area contributed by atoms with E-state index >= 15 is 0 Å². The molecule has 0 saturated carbocycles. The number of nitrogens with one attached hydrogen (secondary N) is 1. The monoisotopic (exact) mass is 351 g/mol. The third-order valence-corrected chi connectivity index (χ3v) is 5.21. The largest absolute Gasteiger partial charge is 0.351 e. The highest BCUT2D eigenvalue weighted by Crippen LogP contribution is 2.17. The van der Waals surface area contributed by atoms with E-state index in [1.807, 2.05) is 54.7 Å². The van der Waals surface area contributed by atoms with Crippen LogP contribution in [0.25, 0.3) is 10.9 Å². The Morgan fingerprint density at radius 3 is 2.88 bits per heavy atom. The zero-order valence-electron chi connectivity index (χ0n) is 15.2. The maximum Gasteiger partial charge on any atom is 0.270 e. The van der Waals surface area contributed by atoms with Crippen molar-refractivity contribution in [3.63, 3.8) is 0 Å². The van der Waals surface area contributed by atoms with Crippen LogP contribution in [0.2, 0.25) is 0 Å². The van der Waals surface area contributed by atoms with E-state index in [1.54, 1.807) is 0 Å². The number of amides is 1. The standard InChI is InChI=1S/C20H25N5O/c1-23-12-8-21-19(23)7-11-24-9-4-10-25(14-13-24)20(26)18-15-16-5-2-3-6-17(16)22-18/h2-3,5-6,8,12,15,22H,4,7,9-11,13-14H2,1H3. The molecule has 136 valence electrons. The lowest BCUT2D eigenvalue weighted by atomic mass is 10.2. The lowest BCUT2D eigenvalue weighted by molar-refractivity contribution is 0.0756. The molecule has 3 aromatic rings. The number of hydrogen-bond donors (Lipinski definition) is 1. The molecular formula is C20H25N5O. The summed E-state index contributed by atoms with van der Waals surface area (Å²) in [4.78, 5) is 24.9. The van der Waals surface area contributed by atoms with E-state index in [-0.39, 0.29) is 5.91 Å². The molecule has 1 amide bonds. The van der Waals surface area contributed by atoms with Gasteiger partial charge >= 0.3 is 0 Å². The first-order chi connectivity index (χ1) is 12.7. The summed E-state index contributed by atoms with van der Waals surface area (Å²) in [5.74, 6) is 1.22. The highest BCUT2D eigenvalue weighted by molar-refractivity contribution is 5.98. The van der Waals surface area contributed by atoms with E-state index in [0.29, 0.717) is 5.69 Å². The molecule has 1 aliphatic heterocycles. The summed E-state index contributed by atoms with van der Waals surface area (Å²) in [6.45, 7) is 4.51. The lowest BCUT2D eigenvalue weighted by Gasteiger charge is -2.21. The van der Waals surface area contributed by atoms with E-state index < -0.39 is 0 Å². The molecule has 0 unspecified atom stereocenters. The molecule has 0 atom stereocenters. The van der Waals surface area contributed by atoms with Crippen molar-refractivity contribution in [2.24, 2.45) is 7.05 Å². The topological polar surface area (TPSA) is 57.2 Å². The molecule has 2 aromatic heterocycles. The zero-order chi connectivity index (χ0) is 17.9. The van der Waals surface area contributed by atoms with Crippen LogP contribution < -0.4 is 0 Å². The van der Waals surface area contributed by atoms with Crippen LogP contribution in [0.15, 0.2) is 42.7 Å². The van der Waals surface area contributed by atoms with Crippen LogP contribution in [-0.4, -0.2) is 63.0 Å². The van der Waals surface area contributed by atoms with Gasteiger partial charge in [0, 0.05) is 62.9 Å². The highest BCUT2D eigenvalue weighted by atomic mass is 16.2. The van der Waals surface area contributed by atoms with Gasteiger partial charge in [-0.3, -0.25) is 4.79 Å². The maximum atomic E-state index is 12.9. The number of para-hydroxylation sites is 1. The molecule has 1 aromatic carbocycles. The van der Waals surface area contributed by atoms with Crippen molar-refractivity contribution in [3.05, 3.63) is 54.2 Å². The van der Waals surface area contributed by atoms with Gasteiger partial charge in [-0.1, -0.05) is 18.2 Å². The second-order valence-corrected chi connectivity index (χ2v) is 6.96. The van der Waals surface area contributed by atoms with Crippen molar-refractivity contribution in [1.29, 1.82) is 0 Å². The summed E-state index contributed by atoms with van der Waals surface area (Å²) >= 11 is 0. The smallest absolute Gasteiger partial charge is 0.270 e. The Kier molecular flexibility index (Phi) is 4.75. The minimum Gasteiger partial charge on any atom is -0.351 e. The number of rotatable bonds is 4. The van der Waals surface area contributed by atoms with Crippen molar-refractivity contribution < 1.29 is 4.79 Å². The summed E-state index contributed by atoms with van der Waals surface area (Å²) in [5, 5.41) is 1.09. The summed E-state index contributed by atoms with van der Waals surface area (Å²) in [5.41, 5.74) is 1.70. The number of hydrogen-bond acceptors (Lipinski definition) is 3. The second kappa shape index (κ2) is 7.33. The molecular weight excluding hydrogens is 326 g/mol. The van der Waals surface area contributed by atoms with Crippen LogP contribution in [0.4, 0.5) is 0 Å². The van der Waals surface area contributed by atoms with Gasteiger partial charge in [-0.25, -0.2) is 4.98 Å². The number of fused-ring (bicyclic) bond motifs is 1. The number of H-pyrrole nitrogens is 1. The van der Waals surface area contributed by atoms with Gasteiger partial charge in [-0.05, 0) is 25.1 Å². The molecule has 1 N–H and O–H groups in total. The maximum absolute atomic E-state index is 12.9. The predicted molar refractivity (Wildman–Crippen MR) is 102 cm³/mol. The third kappa shape index (κ3) is 3.51. The number of carbonyl (C=O) groups is 1. The van der Waals surface area contributed by atoms with Crippen LogP contribution in [-0.2, 0) is 13.5 Å². The van der Waals surface area contributed by atoms with Gasteiger partial charge < -0.3 is 19.4 Å². The van der Waals surface area contributed by atoms with Gasteiger partial charge in [0.1, 0.15) is 11.5 Å². The minimum atomic E-state index is 0.104. The van der Waals surface area contributed by atoms with Crippen molar-refractivity contribution in [1.82, 2.24) is 24.3 Å². The minimum absolute atomic E-state index is 0.104. The number of carbonyl (C=O) groups excluding carboxylic acids is 1. The molecule has 0 bridgehead atoms. The highest BCUT2D eigenvalue weighted by Gasteiger charge is 2.21. The molecule has 1 saturated heterocycles. The average molecular weight is 351 g/mol. The van der Waals surface area contributed by atoms with Crippen molar-refractivity contribution >= 4 is 16.8 Å². The van der Waals surface area contributed by atoms with E-state index in [1.165, 1.54) is 0 Å². The van der Waals surface area contributed by atoms with E-state index in [0.717, 1.165) is 62.3 Å². The van der Waals surface area contributed by atoms with Crippen LogP contribution in [0.5, 0.6) is 0 Å². The molecule has 1 aliphatic rings. The lowest BCUT2D eigenvalue weighted by Crippen LogP contribution is -2.36. The Bertz CT molecular complexity index is 863. The first-order valence-electron chi connectivity index (χ1n) is 9.26. The molecule has 4 rings (SSSR count). The van der Waals surface area contributed by atoms with E-state index in [9.17, 15) is 4.79 Å². The Hall–Kier alpha value is -2.60. The quantitative estimate of drug-likeness (QED) is 0.785. The molecule has 1 fully saturated rings. The predicted octanol–water partition coefficient (Wildman–Crippen LogP) is 2.29. The Balaban J connectivity index is 1.37. The fourth-order valence-electron chi connectivity index (χ4n) is 3.65. The molecule has 6 nitrogen and oxygen atoms in total. The van der Waals surface area contributed by atoms with Crippen LogP contribution >= 0.6 is 0 Å². The molecule has 0 aliphatic carbocycles. The van der Waals surface area contributed by atoms with E-state index in [2.05, 4.69) is 19.4 Å². The number of aromatic nitrogens is 3. The van der Waals surface area contributed by atoms with Crippen LogP contribution in [0, 0.1) is 0 Å². The Labute approximate surface area is 153 Å². The normalized spacial score (nSPS) is 16.1. The SMILES string of the molecule is Cn1ccnc1CCN1CCCN(C(=O)c2cc3ccccc3[nH]2)CC1. The number of aryl methyl sites for hydroxylation is 1. The molecule has 3 heterocycles. The summed E-state index contributed by atoms with van der Waals surface area (Å²) in [6.07, 6.45) is 5.78. The summed E-state index contributed by atoms with van der Waals surface area (Å²) < 4.78 is 2.07.